The lowest BCUT2D eigenvalue weighted by atomic mass is 9.97. The molecule has 0 spiro atoms. The van der Waals surface area contributed by atoms with Crippen molar-refractivity contribution in [1.29, 1.82) is 0 Å². The monoisotopic (exact) mass is 336 g/mol. The Bertz CT molecular complexity index is 590. The minimum atomic E-state index is 0.298. The highest BCUT2D eigenvalue weighted by Crippen LogP contribution is 2.33. The maximum absolute atomic E-state index is 6.20. The number of hydrogen-bond acceptors (Lipinski definition) is 0. The third kappa shape index (κ3) is 3.40. The van der Waals surface area contributed by atoms with Gasteiger partial charge >= 0.3 is 0 Å². The topological polar surface area (TPSA) is 0 Å². The molecule has 0 aliphatic carbocycles. The average molecular weight is 338 g/mol. The van der Waals surface area contributed by atoms with Gasteiger partial charge in [0.2, 0.25) is 0 Å². The number of hydrogen-bond donors (Lipinski definition) is 0. The third-order valence-electron chi connectivity index (χ3n) is 3.55. The highest BCUT2D eigenvalue weighted by Gasteiger charge is 2.13. The van der Waals surface area contributed by atoms with Gasteiger partial charge in [-0.05, 0) is 55.5 Å². The van der Waals surface area contributed by atoms with Gasteiger partial charge in [-0.3, -0.25) is 0 Å². The van der Waals surface area contributed by atoms with Gasteiger partial charge in [-0.15, -0.1) is 0 Å². The average Bonchev–Trinajstić information content (AvgIpc) is 2.37. The summed E-state index contributed by atoms with van der Waals surface area (Å²) in [6, 6.07) is 12.7. The van der Waals surface area contributed by atoms with Crippen molar-refractivity contribution >= 4 is 27.5 Å². The van der Waals surface area contributed by atoms with Crippen molar-refractivity contribution in [3.05, 3.63) is 69.2 Å². The first-order chi connectivity index (χ1) is 8.99. The summed E-state index contributed by atoms with van der Waals surface area (Å²) in [6.45, 7) is 6.38. The fourth-order valence-electron chi connectivity index (χ4n) is 2.29. The van der Waals surface area contributed by atoms with E-state index in [9.17, 15) is 0 Å². The molecule has 0 radical (unpaired) electrons. The predicted molar refractivity (Wildman–Crippen MR) is 87.5 cm³/mol. The number of benzene rings is 2. The molecule has 0 amide bonds. The van der Waals surface area contributed by atoms with Crippen LogP contribution in [0.25, 0.3) is 0 Å². The van der Waals surface area contributed by atoms with Crippen LogP contribution in [0.1, 0.15) is 32.6 Å². The van der Waals surface area contributed by atoms with E-state index in [1.807, 2.05) is 12.1 Å². The number of aryl methyl sites for hydroxylation is 2. The highest BCUT2D eigenvalue weighted by atomic mass is 79.9. The van der Waals surface area contributed by atoms with Crippen LogP contribution >= 0.6 is 27.5 Å². The summed E-state index contributed by atoms with van der Waals surface area (Å²) < 4.78 is 0. The van der Waals surface area contributed by atoms with Crippen LogP contribution in [0.2, 0.25) is 5.02 Å². The largest absolute Gasteiger partial charge is 0.0840 e. The maximum atomic E-state index is 6.20. The lowest BCUT2D eigenvalue weighted by Gasteiger charge is -2.16. The van der Waals surface area contributed by atoms with E-state index < -0.39 is 0 Å². The number of alkyl halides is 1. The summed E-state index contributed by atoms with van der Waals surface area (Å²) in [4.78, 5) is 0.298. The van der Waals surface area contributed by atoms with Gasteiger partial charge < -0.3 is 0 Å². The van der Waals surface area contributed by atoms with Gasteiger partial charge in [-0.25, -0.2) is 0 Å². The van der Waals surface area contributed by atoms with E-state index in [4.69, 9.17) is 11.6 Å². The lowest BCUT2D eigenvalue weighted by Crippen LogP contribution is -2.00. The molecule has 0 nitrogen and oxygen atoms in total. The Morgan fingerprint density at radius 2 is 1.84 bits per heavy atom. The summed E-state index contributed by atoms with van der Waals surface area (Å²) in [5.41, 5.74) is 6.48. The van der Waals surface area contributed by atoms with Gasteiger partial charge in [0.15, 0.2) is 0 Å². The first-order valence-corrected chi connectivity index (χ1v) is 7.73. The molecule has 2 aromatic carbocycles. The summed E-state index contributed by atoms with van der Waals surface area (Å²) in [5, 5.41) is 0.836. The zero-order chi connectivity index (χ0) is 14.0. The number of halogens is 2. The fraction of sp³-hybridized carbons (Fsp3) is 0.294. The molecule has 2 rings (SSSR count). The molecule has 0 heterocycles. The maximum Gasteiger partial charge on any atom is 0.0438 e. The first kappa shape index (κ1) is 14.6. The van der Waals surface area contributed by atoms with E-state index in [0.29, 0.717) is 4.83 Å². The lowest BCUT2D eigenvalue weighted by molar-refractivity contribution is 0.927. The second-order valence-electron chi connectivity index (χ2n) is 5.06. The molecule has 0 saturated heterocycles. The molecule has 0 saturated carbocycles. The summed E-state index contributed by atoms with van der Waals surface area (Å²) in [7, 11) is 0. The van der Waals surface area contributed by atoms with Crippen LogP contribution in [-0.2, 0) is 6.42 Å². The summed E-state index contributed by atoms with van der Waals surface area (Å²) in [5.74, 6) is 0. The molecule has 0 aliphatic rings. The van der Waals surface area contributed by atoms with Crippen LogP contribution in [0.4, 0.5) is 0 Å². The minimum absolute atomic E-state index is 0.298. The van der Waals surface area contributed by atoms with Crippen molar-refractivity contribution in [2.75, 3.05) is 0 Å². The normalized spacial score (nSPS) is 12.5. The molecular formula is C17H18BrCl. The van der Waals surface area contributed by atoms with Crippen LogP contribution in [0.3, 0.4) is 0 Å². The smallest absolute Gasteiger partial charge is 0.0438 e. The van der Waals surface area contributed by atoms with Crippen LogP contribution in [0, 0.1) is 20.8 Å². The molecule has 0 aliphatic heterocycles. The van der Waals surface area contributed by atoms with Gasteiger partial charge in [-0.1, -0.05) is 63.4 Å². The SMILES string of the molecule is Cc1ccc(C)c(CC(Br)c2cccc(Cl)c2C)c1. The molecule has 19 heavy (non-hydrogen) atoms. The van der Waals surface area contributed by atoms with Crippen LogP contribution < -0.4 is 0 Å². The van der Waals surface area contributed by atoms with Crippen LogP contribution in [0.15, 0.2) is 36.4 Å². The molecule has 0 N–H and O–H groups in total. The van der Waals surface area contributed by atoms with E-state index >= 15 is 0 Å². The van der Waals surface area contributed by atoms with Crippen molar-refractivity contribution in [2.24, 2.45) is 0 Å². The van der Waals surface area contributed by atoms with Crippen molar-refractivity contribution in [1.82, 2.24) is 0 Å². The minimum Gasteiger partial charge on any atom is -0.0840 e. The van der Waals surface area contributed by atoms with Crippen LogP contribution in [-0.4, -0.2) is 0 Å². The Morgan fingerprint density at radius 3 is 2.58 bits per heavy atom. The predicted octanol–water partition coefficient (Wildman–Crippen LogP) is 5.94. The first-order valence-electron chi connectivity index (χ1n) is 6.44. The second kappa shape index (κ2) is 6.11. The van der Waals surface area contributed by atoms with Crippen molar-refractivity contribution in [3.63, 3.8) is 0 Å². The Morgan fingerprint density at radius 1 is 1.11 bits per heavy atom. The van der Waals surface area contributed by atoms with Gasteiger partial charge in [0.05, 0.1) is 0 Å². The van der Waals surface area contributed by atoms with Gasteiger partial charge in [0, 0.05) is 9.85 Å². The van der Waals surface area contributed by atoms with E-state index in [-0.39, 0.29) is 0 Å². The zero-order valence-corrected chi connectivity index (χ0v) is 13.8. The van der Waals surface area contributed by atoms with Gasteiger partial charge in [0.25, 0.3) is 0 Å². The highest BCUT2D eigenvalue weighted by molar-refractivity contribution is 9.09. The zero-order valence-electron chi connectivity index (χ0n) is 11.5. The van der Waals surface area contributed by atoms with Crippen molar-refractivity contribution in [2.45, 2.75) is 32.0 Å². The number of rotatable bonds is 3. The molecule has 0 bridgehead atoms. The van der Waals surface area contributed by atoms with Crippen molar-refractivity contribution in [3.8, 4) is 0 Å². The summed E-state index contributed by atoms with van der Waals surface area (Å²) >= 11 is 10.0. The fourth-order valence-corrected chi connectivity index (χ4v) is 3.31. The van der Waals surface area contributed by atoms with E-state index in [1.165, 1.54) is 22.3 Å². The molecule has 1 unspecified atom stereocenters. The molecular weight excluding hydrogens is 320 g/mol. The van der Waals surface area contributed by atoms with Crippen molar-refractivity contribution < 1.29 is 0 Å². The Hall–Kier alpha value is -0.790. The quantitative estimate of drug-likeness (QED) is 0.608. The molecule has 2 heteroatoms. The van der Waals surface area contributed by atoms with Crippen LogP contribution in [0.5, 0.6) is 0 Å². The van der Waals surface area contributed by atoms with E-state index in [1.54, 1.807) is 0 Å². The Labute approximate surface area is 128 Å². The van der Waals surface area contributed by atoms with E-state index in [0.717, 1.165) is 17.0 Å². The van der Waals surface area contributed by atoms with Gasteiger partial charge in [0.1, 0.15) is 0 Å². The molecule has 1 atom stereocenters. The van der Waals surface area contributed by atoms with E-state index in [2.05, 4.69) is 61.0 Å². The molecule has 100 valence electrons. The third-order valence-corrected chi connectivity index (χ3v) is 4.78. The molecule has 0 aromatic heterocycles. The molecule has 0 fully saturated rings. The van der Waals surface area contributed by atoms with Gasteiger partial charge in [-0.2, -0.15) is 0 Å². The standard InChI is InChI=1S/C17H18BrCl/c1-11-7-8-12(2)14(9-11)10-16(18)15-5-4-6-17(19)13(15)3/h4-9,16H,10H2,1-3H3. The molecule has 2 aromatic rings. The Kier molecular flexibility index (Phi) is 4.70. The summed E-state index contributed by atoms with van der Waals surface area (Å²) in [6.07, 6.45) is 0.981. The second-order valence-corrected chi connectivity index (χ2v) is 6.57. The Balaban J connectivity index is 2.28.